The van der Waals surface area contributed by atoms with Crippen LogP contribution >= 0.6 is 0 Å². The van der Waals surface area contributed by atoms with Crippen molar-refractivity contribution in [3.8, 4) is 0 Å². The number of aromatic nitrogens is 4. The van der Waals surface area contributed by atoms with E-state index in [0.717, 1.165) is 56.0 Å². The maximum atomic E-state index is 4.49. The lowest BCUT2D eigenvalue weighted by Gasteiger charge is -2.32. The van der Waals surface area contributed by atoms with E-state index in [-0.39, 0.29) is 0 Å². The van der Waals surface area contributed by atoms with Crippen LogP contribution in [0.1, 0.15) is 32.0 Å². The zero-order valence-corrected chi connectivity index (χ0v) is 15.0. The fraction of sp³-hybridized carbons (Fsp3) is 0.611. The third-order valence-electron chi connectivity index (χ3n) is 4.83. The summed E-state index contributed by atoms with van der Waals surface area (Å²) in [5.41, 5.74) is 0. The molecule has 2 aromatic heterocycles. The smallest absolute Gasteiger partial charge is 0.134 e. The Kier molecular flexibility index (Phi) is 5.33. The van der Waals surface area contributed by atoms with E-state index < -0.39 is 0 Å². The molecule has 2 aromatic rings. The molecule has 1 aliphatic heterocycles. The van der Waals surface area contributed by atoms with Crippen LogP contribution in [0, 0.1) is 12.8 Å². The molecule has 0 bridgehead atoms. The largest absolute Gasteiger partial charge is 0.359 e. The molecule has 1 fully saturated rings. The Morgan fingerprint density at radius 2 is 2.17 bits per heavy atom. The van der Waals surface area contributed by atoms with Gasteiger partial charge in [0.05, 0.1) is 0 Å². The van der Waals surface area contributed by atoms with Crippen molar-refractivity contribution < 1.29 is 0 Å². The van der Waals surface area contributed by atoms with Gasteiger partial charge in [0.2, 0.25) is 0 Å². The highest BCUT2D eigenvalue weighted by Gasteiger charge is 2.18. The van der Waals surface area contributed by atoms with Crippen molar-refractivity contribution in [2.24, 2.45) is 5.92 Å². The van der Waals surface area contributed by atoms with Gasteiger partial charge in [-0.25, -0.2) is 15.0 Å². The van der Waals surface area contributed by atoms with Gasteiger partial charge < -0.3 is 14.4 Å². The molecule has 6 heteroatoms. The van der Waals surface area contributed by atoms with Crippen LogP contribution in [0.3, 0.4) is 0 Å². The molecule has 24 heavy (non-hydrogen) atoms. The monoisotopic (exact) mass is 328 g/mol. The maximum absolute atomic E-state index is 4.49. The van der Waals surface area contributed by atoms with E-state index in [9.17, 15) is 0 Å². The van der Waals surface area contributed by atoms with E-state index in [4.69, 9.17) is 0 Å². The van der Waals surface area contributed by atoms with Gasteiger partial charge >= 0.3 is 0 Å². The molecule has 1 atom stereocenters. The summed E-state index contributed by atoms with van der Waals surface area (Å²) in [7, 11) is 2.10. The van der Waals surface area contributed by atoms with Crippen LogP contribution in [-0.2, 0) is 6.54 Å². The standard InChI is InChI=1S/C18H28N6/c1-15-6-4-9-24(13-15)18-12-17(20-14-21-18)22(3)8-5-10-23-11-7-19-16(23)2/h7,11-12,14-15H,4-6,8-10,13H2,1-3H3. The first kappa shape index (κ1) is 16.7. The van der Waals surface area contributed by atoms with Crippen LogP contribution in [0.4, 0.5) is 11.6 Å². The molecule has 0 aliphatic carbocycles. The lowest BCUT2D eigenvalue weighted by Crippen LogP contribution is -2.35. The molecule has 0 radical (unpaired) electrons. The van der Waals surface area contributed by atoms with Gasteiger partial charge in [-0.2, -0.15) is 0 Å². The molecule has 1 saturated heterocycles. The summed E-state index contributed by atoms with van der Waals surface area (Å²) in [6.45, 7) is 8.51. The third-order valence-corrected chi connectivity index (χ3v) is 4.83. The molecule has 0 saturated carbocycles. The molecular formula is C18H28N6. The van der Waals surface area contributed by atoms with E-state index in [2.05, 4.69) is 49.4 Å². The van der Waals surface area contributed by atoms with Crippen molar-refractivity contribution in [2.45, 2.75) is 39.7 Å². The van der Waals surface area contributed by atoms with Crippen LogP contribution in [0.2, 0.25) is 0 Å². The Bertz CT molecular complexity index is 652. The summed E-state index contributed by atoms with van der Waals surface area (Å²) in [6.07, 6.45) is 9.22. The number of hydrogen-bond donors (Lipinski definition) is 0. The highest BCUT2D eigenvalue weighted by atomic mass is 15.2. The van der Waals surface area contributed by atoms with Crippen LogP contribution in [0.5, 0.6) is 0 Å². The molecule has 0 spiro atoms. The minimum atomic E-state index is 0.744. The summed E-state index contributed by atoms with van der Waals surface area (Å²) in [4.78, 5) is 17.8. The SMILES string of the molecule is Cc1nccn1CCCN(C)c1cc(N2CCCC(C)C2)ncn1. The zero-order chi connectivity index (χ0) is 16.9. The van der Waals surface area contributed by atoms with Gasteiger partial charge in [0.1, 0.15) is 23.8 Å². The molecule has 0 aromatic carbocycles. The van der Waals surface area contributed by atoms with Crippen LogP contribution in [-0.4, -0.2) is 46.2 Å². The van der Waals surface area contributed by atoms with Crippen molar-refractivity contribution in [2.75, 3.05) is 36.5 Å². The van der Waals surface area contributed by atoms with Gasteiger partial charge in [-0.15, -0.1) is 0 Å². The predicted octanol–water partition coefficient (Wildman–Crippen LogP) is 2.74. The Labute approximate surface area is 144 Å². The number of rotatable bonds is 6. The number of anilines is 2. The van der Waals surface area contributed by atoms with Crippen LogP contribution in [0.25, 0.3) is 0 Å². The minimum Gasteiger partial charge on any atom is -0.359 e. The Balaban J connectivity index is 1.57. The molecule has 0 N–H and O–H groups in total. The molecule has 1 unspecified atom stereocenters. The third kappa shape index (κ3) is 4.04. The van der Waals surface area contributed by atoms with E-state index >= 15 is 0 Å². The Morgan fingerprint density at radius 1 is 1.29 bits per heavy atom. The fourth-order valence-corrected chi connectivity index (χ4v) is 3.35. The average molecular weight is 328 g/mol. The lowest BCUT2D eigenvalue weighted by atomic mass is 10.0. The lowest BCUT2D eigenvalue weighted by molar-refractivity contribution is 0.444. The van der Waals surface area contributed by atoms with Gasteiger partial charge in [0, 0.05) is 51.7 Å². The number of hydrogen-bond acceptors (Lipinski definition) is 5. The zero-order valence-electron chi connectivity index (χ0n) is 15.0. The van der Waals surface area contributed by atoms with Gasteiger partial charge in [-0.1, -0.05) is 6.92 Å². The molecule has 3 rings (SSSR count). The summed E-state index contributed by atoms with van der Waals surface area (Å²) < 4.78 is 2.19. The number of aryl methyl sites for hydroxylation is 2. The second-order valence-corrected chi connectivity index (χ2v) is 6.87. The second kappa shape index (κ2) is 7.64. The topological polar surface area (TPSA) is 50.1 Å². The second-order valence-electron chi connectivity index (χ2n) is 6.87. The normalized spacial score (nSPS) is 18.0. The fourth-order valence-electron chi connectivity index (χ4n) is 3.35. The number of imidazole rings is 1. The summed E-state index contributed by atoms with van der Waals surface area (Å²) >= 11 is 0. The molecule has 130 valence electrons. The average Bonchev–Trinajstić information content (AvgIpc) is 3.00. The first-order valence-corrected chi connectivity index (χ1v) is 8.89. The molecule has 6 nitrogen and oxygen atoms in total. The summed E-state index contributed by atoms with van der Waals surface area (Å²) in [5, 5.41) is 0. The van der Waals surface area contributed by atoms with Crippen molar-refractivity contribution >= 4 is 11.6 Å². The van der Waals surface area contributed by atoms with E-state index in [1.807, 2.05) is 19.3 Å². The maximum Gasteiger partial charge on any atom is 0.134 e. The van der Waals surface area contributed by atoms with Crippen LogP contribution < -0.4 is 9.80 Å². The van der Waals surface area contributed by atoms with Crippen LogP contribution in [0.15, 0.2) is 24.8 Å². The molecule has 3 heterocycles. The van der Waals surface area contributed by atoms with E-state index in [1.54, 1.807) is 6.33 Å². The molecule has 1 aliphatic rings. The van der Waals surface area contributed by atoms with Gasteiger partial charge in [0.25, 0.3) is 0 Å². The molecular weight excluding hydrogens is 300 g/mol. The minimum absolute atomic E-state index is 0.744. The summed E-state index contributed by atoms with van der Waals surface area (Å²) in [5.74, 6) is 3.87. The van der Waals surface area contributed by atoms with Crippen molar-refractivity contribution in [1.82, 2.24) is 19.5 Å². The van der Waals surface area contributed by atoms with E-state index in [1.165, 1.54) is 12.8 Å². The first-order chi connectivity index (χ1) is 11.6. The Morgan fingerprint density at radius 3 is 2.92 bits per heavy atom. The van der Waals surface area contributed by atoms with Gasteiger partial charge in [-0.3, -0.25) is 0 Å². The van der Waals surface area contributed by atoms with Gasteiger partial charge in [-0.05, 0) is 32.1 Å². The highest BCUT2D eigenvalue weighted by molar-refractivity contribution is 5.49. The van der Waals surface area contributed by atoms with Gasteiger partial charge in [0.15, 0.2) is 0 Å². The first-order valence-electron chi connectivity index (χ1n) is 8.89. The predicted molar refractivity (Wildman–Crippen MR) is 97.5 cm³/mol. The van der Waals surface area contributed by atoms with Crippen molar-refractivity contribution in [1.29, 1.82) is 0 Å². The Hall–Kier alpha value is -2.11. The number of nitrogens with zero attached hydrogens (tertiary/aromatic N) is 6. The highest BCUT2D eigenvalue weighted by Crippen LogP contribution is 2.23. The molecule has 0 amide bonds. The van der Waals surface area contributed by atoms with Crippen molar-refractivity contribution in [3.05, 3.63) is 30.6 Å². The summed E-state index contributed by atoms with van der Waals surface area (Å²) in [6, 6.07) is 2.13. The van der Waals surface area contributed by atoms with Crippen molar-refractivity contribution in [3.63, 3.8) is 0 Å². The quantitative estimate of drug-likeness (QED) is 0.816. The van der Waals surface area contributed by atoms with E-state index in [0.29, 0.717) is 0 Å². The number of piperidine rings is 1.